The van der Waals surface area contributed by atoms with Crippen molar-refractivity contribution >= 4 is 39.3 Å². The van der Waals surface area contributed by atoms with Crippen LogP contribution in [0.5, 0.6) is 5.75 Å². The van der Waals surface area contributed by atoms with Crippen molar-refractivity contribution in [3.05, 3.63) is 148 Å². The average Bonchev–Trinajstić information content (AvgIpc) is 3.13. The monoisotopic (exact) mass is 729 g/mol. The number of ether oxygens (including phenoxy) is 5. The van der Waals surface area contributed by atoms with E-state index in [0.717, 1.165) is 0 Å². The van der Waals surface area contributed by atoms with Gasteiger partial charge >= 0.3 is 23.5 Å². The average molecular weight is 730 g/mol. The van der Waals surface area contributed by atoms with Crippen LogP contribution in [0.3, 0.4) is 0 Å². The number of hydrogen-bond donors (Lipinski definition) is 0. The molecule has 1 aliphatic heterocycles. The van der Waals surface area contributed by atoms with Crippen LogP contribution < -0.4 is 10.4 Å². The third-order valence-corrected chi connectivity index (χ3v) is 8.33. The summed E-state index contributed by atoms with van der Waals surface area (Å²) in [5.41, 5.74) is 0.317. The molecule has 14 nitrogen and oxygen atoms in total. The van der Waals surface area contributed by atoms with Crippen molar-refractivity contribution in [1.82, 2.24) is 0 Å². The molecule has 0 aliphatic carbocycles. The standard InChI is InChI=1S/C37H30O14S/c1-22-19-30(38)47-28-20-26(17-18-27(22)28)46-37-33(51-36(41)25-15-9-4-10-16-25)32(50-35(40)24-13-7-3-8-14-24)31(29(48-37)21-45-52(42,43)44)49-34(39)23-11-5-2-6-12-23/h2-20,29,31-33,37H,21H2,1H3,(H,42,43,44)/p-1/t29-,31+,32+,33-,37-/m0/s1. The van der Waals surface area contributed by atoms with Crippen LogP contribution in [0.2, 0.25) is 0 Å². The van der Waals surface area contributed by atoms with Gasteiger partial charge in [-0.15, -0.1) is 0 Å². The Kier molecular flexibility index (Phi) is 10.8. The SMILES string of the molecule is Cc1cc(=O)oc2cc(O[C@H]3O[C@@H](COS(=O)(=O)[O-])[C@@H](OC(=O)c4ccccc4)[C@@H](OC(=O)c4ccccc4)[C@@H]3OC(=O)c3ccccc3)ccc12. The fourth-order valence-electron chi connectivity index (χ4n) is 5.47. The molecule has 0 radical (unpaired) electrons. The van der Waals surface area contributed by atoms with Gasteiger partial charge < -0.3 is 32.7 Å². The van der Waals surface area contributed by atoms with Crippen LogP contribution in [0.15, 0.2) is 124 Å². The van der Waals surface area contributed by atoms with E-state index in [9.17, 15) is 32.1 Å². The highest BCUT2D eigenvalue weighted by Gasteiger charge is 2.54. The lowest BCUT2D eigenvalue weighted by atomic mass is 9.97. The lowest BCUT2D eigenvalue weighted by molar-refractivity contribution is -0.274. The zero-order valence-electron chi connectivity index (χ0n) is 27.2. The third kappa shape index (κ3) is 8.70. The molecule has 0 unspecified atom stereocenters. The van der Waals surface area contributed by atoms with E-state index in [2.05, 4.69) is 4.18 Å². The molecule has 0 N–H and O–H groups in total. The first-order chi connectivity index (χ1) is 24.9. The van der Waals surface area contributed by atoms with Crippen molar-refractivity contribution < 1.29 is 59.6 Å². The van der Waals surface area contributed by atoms with Crippen LogP contribution in [0.25, 0.3) is 11.0 Å². The summed E-state index contributed by atoms with van der Waals surface area (Å²) in [6.07, 6.45) is -8.68. The van der Waals surface area contributed by atoms with Crippen molar-refractivity contribution in [3.63, 3.8) is 0 Å². The molecule has 5 aromatic rings. The Balaban J connectivity index is 1.46. The van der Waals surface area contributed by atoms with Crippen LogP contribution in [-0.2, 0) is 33.5 Å². The van der Waals surface area contributed by atoms with E-state index >= 15 is 0 Å². The highest BCUT2D eigenvalue weighted by atomic mass is 32.3. The van der Waals surface area contributed by atoms with Crippen molar-refractivity contribution in [2.24, 2.45) is 0 Å². The summed E-state index contributed by atoms with van der Waals surface area (Å²) in [7, 11) is -5.33. The number of aryl methyl sites for hydroxylation is 1. The summed E-state index contributed by atoms with van der Waals surface area (Å²) in [5, 5.41) is 0.582. The smallest absolute Gasteiger partial charge is 0.338 e. The molecule has 1 saturated heterocycles. The molecule has 0 spiro atoms. The maximum absolute atomic E-state index is 13.6. The molecular weight excluding hydrogens is 700 g/mol. The Bertz CT molecular complexity index is 2220. The van der Waals surface area contributed by atoms with E-state index in [1.807, 2.05) is 0 Å². The van der Waals surface area contributed by atoms with Gasteiger partial charge in [0.1, 0.15) is 17.4 Å². The zero-order chi connectivity index (χ0) is 36.8. The Labute approximate surface area is 296 Å². The van der Waals surface area contributed by atoms with Gasteiger partial charge in [0.15, 0.2) is 12.2 Å². The molecule has 1 fully saturated rings. The molecule has 6 rings (SSSR count). The van der Waals surface area contributed by atoms with Crippen molar-refractivity contribution in [2.75, 3.05) is 6.61 Å². The molecule has 52 heavy (non-hydrogen) atoms. The summed E-state index contributed by atoms with van der Waals surface area (Å²) in [6.45, 7) is 0.670. The van der Waals surface area contributed by atoms with E-state index in [1.165, 1.54) is 54.6 Å². The number of benzene rings is 4. The number of fused-ring (bicyclic) bond motifs is 1. The van der Waals surface area contributed by atoms with E-state index in [-0.39, 0.29) is 28.0 Å². The van der Waals surface area contributed by atoms with Gasteiger partial charge in [-0.25, -0.2) is 27.6 Å². The topological polar surface area (TPSA) is 194 Å². The van der Waals surface area contributed by atoms with E-state index in [4.69, 9.17) is 28.1 Å². The molecule has 268 valence electrons. The van der Waals surface area contributed by atoms with Crippen molar-refractivity contribution in [2.45, 2.75) is 37.6 Å². The fourth-order valence-corrected chi connectivity index (χ4v) is 5.77. The Morgan fingerprint density at radius 2 is 1.19 bits per heavy atom. The van der Waals surface area contributed by atoms with Gasteiger partial charge in [0.2, 0.25) is 22.8 Å². The zero-order valence-corrected chi connectivity index (χ0v) is 28.0. The van der Waals surface area contributed by atoms with Crippen molar-refractivity contribution in [3.8, 4) is 5.75 Å². The summed E-state index contributed by atoms with van der Waals surface area (Å²) in [4.78, 5) is 52.8. The van der Waals surface area contributed by atoms with Crippen LogP contribution in [0, 0.1) is 6.92 Å². The predicted molar refractivity (Wildman–Crippen MR) is 179 cm³/mol. The molecule has 0 amide bonds. The van der Waals surface area contributed by atoms with Gasteiger partial charge in [-0.3, -0.25) is 4.18 Å². The second-order valence-corrected chi connectivity index (χ2v) is 12.5. The van der Waals surface area contributed by atoms with Crippen LogP contribution in [0.1, 0.15) is 36.6 Å². The van der Waals surface area contributed by atoms with Gasteiger partial charge in [-0.2, -0.15) is 0 Å². The lowest BCUT2D eigenvalue weighted by Crippen LogP contribution is -2.63. The first kappa shape index (κ1) is 35.9. The van der Waals surface area contributed by atoms with E-state index in [0.29, 0.717) is 10.9 Å². The van der Waals surface area contributed by atoms with Gasteiger partial charge in [-0.1, -0.05) is 54.6 Å². The minimum Gasteiger partial charge on any atom is -0.726 e. The first-order valence-corrected chi connectivity index (χ1v) is 17.0. The number of esters is 3. The third-order valence-electron chi connectivity index (χ3n) is 7.90. The molecule has 15 heteroatoms. The van der Waals surface area contributed by atoms with Crippen LogP contribution >= 0.6 is 0 Å². The largest absolute Gasteiger partial charge is 0.726 e. The number of rotatable bonds is 11. The summed E-state index contributed by atoms with van der Waals surface area (Å²) in [6, 6.07) is 28.9. The van der Waals surface area contributed by atoms with Crippen molar-refractivity contribution in [1.29, 1.82) is 0 Å². The molecule has 1 aromatic heterocycles. The van der Waals surface area contributed by atoms with E-state index in [1.54, 1.807) is 67.6 Å². The molecule has 4 aromatic carbocycles. The summed E-state index contributed by atoms with van der Waals surface area (Å²) < 4.78 is 74.6. The van der Waals surface area contributed by atoms with Gasteiger partial charge in [-0.05, 0) is 61.0 Å². The predicted octanol–water partition coefficient (Wildman–Crippen LogP) is 4.36. The first-order valence-electron chi connectivity index (χ1n) is 15.7. The molecule has 0 bridgehead atoms. The minimum absolute atomic E-state index is 0.0102. The highest BCUT2D eigenvalue weighted by Crippen LogP contribution is 2.33. The fraction of sp³-hybridized carbons (Fsp3) is 0.189. The molecule has 2 heterocycles. The maximum Gasteiger partial charge on any atom is 0.338 e. The molecular formula is C37H29O14S-. The van der Waals surface area contributed by atoms with Gasteiger partial charge in [0, 0.05) is 17.5 Å². The second kappa shape index (κ2) is 15.6. The van der Waals surface area contributed by atoms with Gasteiger partial charge in [0.25, 0.3) is 0 Å². The van der Waals surface area contributed by atoms with Crippen LogP contribution in [-0.4, -0.2) is 68.2 Å². The lowest BCUT2D eigenvalue weighted by Gasteiger charge is -2.44. The Morgan fingerprint density at radius 1 is 0.692 bits per heavy atom. The number of carbonyl (C=O) groups excluding carboxylic acids is 3. The molecule has 0 saturated carbocycles. The van der Waals surface area contributed by atoms with Crippen LogP contribution in [0.4, 0.5) is 0 Å². The molecule has 5 atom stereocenters. The van der Waals surface area contributed by atoms with E-state index < -0.39 is 71.2 Å². The normalized spacial score (nSPS) is 20.1. The maximum atomic E-state index is 13.6. The second-order valence-electron chi connectivity index (χ2n) is 11.5. The van der Waals surface area contributed by atoms with Gasteiger partial charge in [0.05, 0.1) is 23.3 Å². The quantitative estimate of drug-likeness (QED) is 0.0612. The Hall–Kier alpha value is -5.87. The highest BCUT2D eigenvalue weighted by molar-refractivity contribution is 7.80. The number of carbonyl (C=O) groups is 3. The minimum atomic E-state index is -5.33. The summed E-state index contributed by atoms with van der Waals surface area (Å²) >= 11 is 0. The Morgan fingerprint density at radius 3 is 1.71 bits per heavy atom. The summed E-state index contributed by atoms with van der Waals surface area (Å²) in [5.74, 6) is -2.83. The number of hydrogen-bond acceptors (Lipinski definition) is 14. The molecule has 1 aliphatic rings.